The number of hydrogen-bond donors (Lipinski definition) is 0. The van der Waals surface area contributed by atoms with Crippen LogP contribution in [0.25, 0.3) is 0 Å². The molecule has 0 aliphatic carbocycles. The second-order valence-corrected chi connectivity index (χ2v) is 7.14. The number of carbonyl (C=O) groups excluding carboxylic acids is 2. The van der Waals surface area contributed by atoms with Crippen LogP contribution < -0.4 is 9.47 Å². The molecule has 1 amide bonds. The molecule has 2 aromatic rings. The Hall–Kier alpha value is -3.66. The van der Waals surface area contributed by atoms with Crippen molar-refractivity contribution in [1.82, 2.24) is 4.90 Å². The van der Waals surface area contributed by atoms with Crippen LogP contribution in [0, 0.1) is 10.1 Å². The summed E-state index contributed by atoms with van der Waals surface area (Å²) in [5.74, 6) is -1.03. The van der Waals surface area contributed by atoms with Crippen LogP contribution >= 0.6 is 0 Å². The minimum absolute atomic E-state index is 0.0980. The van der Waals surface area contributed by atoms with Crippen molar-refractivity contribution in [3.05, 3.63) is 63.7 Å². The number of ether oxygens (including phenoxy) is 4. The number of esters is 1. The number of benzene rings is 2. The zero-order valence-corrected chi connectivity index (χ0v) is 18.0. The molecule has 0 aromatic heterocycles. The van der Waals surface area contributed by atoms with Gasteiger partial charge in [0.15, 0.2) is 11.5 Å². The lowest BCUT2D eigenvalue weighted by molar-refractivity contribution is -0.385. The van der Waals surface area contributed by atoms with Crippen LogP contribution in [0.5, 0.6) is 11.5 Å². The quantitative estimate of drug-likeness (QED) is 0.346. The molecule has 1 aliphatic heterocycles. The third kappa shape index (κ3) is 4.80. The second kappa shape index (κ2) is 10.1. The van der Waals surface area contributed by atoms with E-state index in [0.717, 1.165) is 11.6 Å². The molecule has 0 bridgehead atoms. The fraction of sp³-hybridized carbons (Fsp3) is 0.364. The Morgan fingerprint density at radius 3 is 2.44 bits per heavy atom. The highest BCUT2D eigenvalue weighted by Gasteiger charge is 2.42. The Labute approximate surface area is 184 Å². The standard InChI is InChI=1S/C22H24N2O8/c1-29-15-9-18(22(26)31-3)23(12-15)21(25)16-10-19(30-2)20(11-17(16)24(27)28)32-13-14-7-5-4-6-8-14/h4-8,10-11,15,18H,9,12-13H2,1-3H3/t15-,18-/m0/s1. The van der Waals surface area contributed by atoms with Crippen LogP contribution in [-0.2, 0) is 20.9 Å². The Morgan fingerprint density at radius 1 is 1.12 bits per heavy atom. The van der Waals surface area contributed by atoms with Gasteiger partial charge in [-0.3, -0.25) is 14.9 Å². The summed E-state index contributed by atoms with van der Waals surface area (Å²) in [5.41, 5.74) is 0.189. The number of amides is 1. The lowest BCUT2D eigenvalue weighted by atomic mass is 10.1. The number of carbonyl (C=O) groups is 2. The first-order valence-corrected chi connectivity index (χ1v) is 9.84. The molecular weight excluding hydrogens is 420 g/mol. The van der Waals surface area contributed by atoms with Crippen molar-refractivity contribution in [2.45, 2.75) is 25.2 Å². The molecule has 1 saturated heterocycles. The first-order chi connectivity index (χ1) is 15.4. The van der Waals surface area contributed by atoms with Gasteiger partial charge in [-0.1, -0.05) is 30.3 Å². The van der Waals surface area contributed by atoms with Gasteiger partial charge in [-0.2, -0.15) is 0 Å². The van der Waals surface area contributed by atoms with Gasteiger partial charge < -0.3 is 23.8 Å². The molecule has 10 nitrogen and oxygen atoms in total. The minimum Gasteiger partial charge on any atom is -0.493 e. The number of methoxy groups -OCH3 is 3. The second-order valence-electron chi connectivity index (χ2n) is 7.14. The maximum atomic E-state index is 13.3. The number of nitro groups is 1. The SMILES string of the molecule is COC(=O)[C@@H]1C[C@H](OC)CN1C(=O)c1cc(OC)c(OCc2ccccc2)cc1[N+](=O)[O-]. The topological polar surface area (TPSA) is 117 Å². The highest BCUT2D eigenvalue weighted by atomic mass is 16.6. The van der Waals surface area contributed by atoms with Gasteiger partial charge in [0.05, 0.1) is 31.3 Å². The summed E-state index contributed by atoms with van der Waals surface area (Å²) in [5, 5.41) is 11.8. The average Bonchev–Trinajstić information content (AvgIpc) is 3.26. The van der Waals surface area contributed by atoms with Crippen LogP contribution in [0.3, 0.4) is 0 Å². The summed E-state index contributed by atoms with van der Waals surface area (Å²) in [7, 11) is 4.06. The largest absolute Gasteiger partial charge is 0.493 e. The molecule has 32 heavy (non-hydrogen) atoms. The Balaban J connectivity index is 1.95. The number of likely N-dealkylation sites (tertiary alicyclic amines) is 1. The summed E-state index contributed by atoms with van der Waals surface area (Å²) in [6.07, 6.45) is -0.157. The smallest absolute Gasteiger partial charge is 0.328 e. The average molecular weight is 444 g/mol. The lowest BCUT2D eigenvalue weighted by Crippen LogP contribution is -2.41. The van der Waals surface area contributed by atoms with Crippen LogP contribution in [0.1, 0.15) is 22.3 Å². The minimum atomic E-state index is -0.906. The van der Waals surface area contributed by atoms with Gasteiger partial charge in [0, 0.05) is 26.1 Å². The predicted molar refractivity (Wildman–Crippen MR) is 113 cm³/mol. The normalized spacial score (nSPS) is 17.7. The highest BCUT2D eigenvalue weighted by Crippen LogP contribution is 2.37. The maximum Gasteiger partial charge on any atom is 0.328 e. The van der Waals surface area contributed by atoms with Crippen LogP contribution in [0.15, 0.2) is 42.5 Å². The van der Waals surface area contributed by atoms with Gasteiger partial charge >= 0.3 is 5.97 Å². The van der Waals surface area contributed by atoms with Crippen LogP contribution in [0.4, 0.5) is 5.69 Å². The molecule has 0 N–H and O–H groups in total. The molecule has 2 atom stereocenters. The van der Waals surface area contributed by atoms with Gasteiger partial charge in [-0.05, 0) is 5.56 Å². The Morgan fingerprint density at radius 2 is 1.84 bits per heavy atom. The van der Waals surface area contributed by atoms with Crippen molar-refractivity contribution < 1.29 is 33.5 Å². The monoisotopic (exact) mass is 444 g/mol. The number of nitrogens with zero attached hydrogens (tertiary/aromatic N) is 2. The molecule has 0 unspecified atom stereocenters. The Kier molecular flexibility index (Phi) is 7.26. The van der Waals surface area contributed by atoms with Gasteiger partial charge in [0.25, 0.3) is 11.6 Å². The highest BCUT2D eigenvalue weighted by molar-refractivity contribution is 6.01. The number of nitro benzene ring substituents is 1. The van der Waals surface area contributed by atoms with E-state index in [1.807, 2.05) is 30.3 Å². The van der Waals surface area contributed by atoms with Crippen molar-refractivity contribution in [1.29, 1.82) is 0 Å². The van der Waals surface area contributed by atoms with Crippen molar-refractivity contribution in [3.8, 4) is 11.5 Å². The summed E-state index contributed by atoms with van der Waals surface area (Å²) in [4.78, 5) is 37.8. The van der Waals surface area contributed by atoms with E-state index >= 15 is 0 Å². The van der Waals surface area contributed by atoms with Gasteiger partial charge in [0.1, 0.15) is 18.2 Å². The molecule has 3 rings (SSSR count). The van der Waals surface area contributed by atoms with E-state index in [4.69, 9.17) is 18.9 Å². The van der Waals surface area contributed by atoms with Crippen LogP contribution in [-0.4, -0.2) is 61.7 Å². The Bertz CT molecular complexity index is 995. The first-order valence-electron chi connectivity index (χ1n) is 9.84. The van der Waals surface area contributed by atoms with E-state index in [-0.39, 0.29) is 36.6 Å². The fourth-order valence-electron chi connectivity index (χ4n) is 3.59. The molecule has 0 radical (unpaired) electrons. The first kappa shape index (κ1) is 23.0. The van der Waals surface area contributed by atoms with E-state index in [2.05, 4.69) is 0 Å². The summed E-state index contributed by atoms with van der Waals surface area (Å²) in [6, 6.07) is 10.8. The third-order valence-electron chi connectivity index (χ3n) is 5.28. The van der Waals surface area contributed by atoms with Crippen LogP contribution in [0.2, 0.25) is 0 Å². The third-order valence-corrected chi connectivity index (χ3v) is 5.28. The van der Waals surface area contributed by atoms with Crippen molar-refractivity contribution in [3.63, 3.8) is 0 Å². The maximum absolute atomic E-state index is 13.3. The van der Waals surface area contributed by atoms with Crippen molar-refractivity contribution in [2.75, 3.05) is 27.9 Å². The molecule has 170 valence electrons. The zero-order chi connectivity index (χ0) is 23.3. The summed E-state index contributed by atoms with van der Waals surface area (Å²) in [6.45, 7) is 0.258. The predicted octanol–water partition coefficient (Wildman–Crippen LogP) is 2.58. The molecule has 1 aliphatic rings. The molecule has 10 heteroatoms. The molecule has 2 aromatic carbocycles. The van der Waals surface area contributed by atoms with Gasteiger partial charge in [0.2, 0.25) is 0 Å². The lowest BCUT2D eigenvalue weighted by Gasteiger charge is -2.23. The zero-order valence-electron chi connectivity index (χ0n) is 18.0. The summed E-state index contributed by atoms with van der Waals surface area (Å²) >= 11 is 0. The molecule has 1 fully saturated rings. The number of hydrogen-bond acceptors (Lipinski definition) is 8. The van der Waals surface area contributed by atoms with E-state index < -0.39 is 34.6 Å². The van der Waals surface area contributed by atoms with Crippen molar-refractivity contribution >= 4 is 17.6 Å². The molecule has 0 saturated carbocycles. The van der Waals surface area contributed by atoms with Gasteiger partial charge in [-0.15, -0.1) is 0 Å². The van der Waals surface area contributed by atoms with E-state index in [0.29, 0.717) is 0 Å². The van der Waals surface area contributed by atoms with Crippen molar-refractivity contribution in [2.24, 2.45) is 0 Å². The molecule has 1 heterocycles. The van der Waals surface area contributed by atoms with Gasteiger partial charge in [-0.25, -0.2) is 4.79 Å². The summed E-state index contributed by atoms with van der Waals surface area (Å²) < 4.78 is 21.1. The molecule has 0 spiro atoms. The van der Waals surface area contributed by atoms with E-state index in [1.54, 1.807) is 0 Å². The fourth-order valence-corrected chi connectivity index (χ4v) is 3.59. The molecular formula is C22H24N2O8. The van der Waals surface area contributed by atoms with E-state index in [9.17, 15) is 19.7 Å². The van der Waals surface area contributed by atoms with E-state index in [1.165, 1.54) is 32.3 Å². The number of rotatable bonds is 8.